The first-order valence-corrected chi connectivity index (χ1v) is 6.20. The molecule has 0 radical (unpaired) electrons. The van der Waals surface area contributed by atoms with E-state index >= 15 is 0 Å². The first-order valence-electron chi connectivity index (χ1n) is 6.20. The van der Waals surface area contributed by atoms with Gasteiger partial charge in [0.15, 0.2) is 0 Å². The summed E-state index contributed by atoms with van der Waals surface area (Å²) in [5.74, 6) is -0.399. The average Bonchev–Trinajstić information content (AvgIpc) is 3.06. The van der Waals surface area contributed by atoms with E-state index < -0.39 is 5.97 Å². The Morgan fingerprint density at radius 2 is 1.76 bits per heavy atom. The molecule has 2 fully saturated rings. The standard InChI is InChI=1S/C14H16O3/c15-14(16)12-7-8-17-13(12)11-5-3-10(4-6-11)9-1-2-9/h3-6,9,12-13H,1-2,7-8H2,(H,15,16). The van der Waals surface area contributed by atoms with Crippen molar-refractivity contribution in [2.24, 2.45) is 5.92 Å². The maximum Gasteiger partial charge on any atom is 0.309 e. The Hall–Kier alpha value is -1.35. The van der Waals surface area contributed by atoms with Crippen LogP contribution in [0, 0.1) is 5.92 Å². The molecular formula is C14H16O3. The van der Waals surface area contributed by atoms with Crippen LogP contribution in [0.1, 0.15) is 42.4 Å². The highest BCUT2D eigenvalue weighted by atomic mass is 16.5. The van der Waals surface area contributed by atoms with Gasteiger partial charge in [0.1, 0.15) is 0 Å². The summed E-state index contributed by atoms with van der Waals surface area (Å²) < 4.78 is 5.55. The summed E-state index contributed by atoms with van der Waals surface area (Å²) in [5.41, 5.74) is 2.37. The van der Waals surface area contributed by atoms with Crippen LogP contribution in [-0.4, -0.2) is 17.7 Å². The highest BCUT2D eigenvalue weighted by Gasteiger charge is 2.35. The van der Waals surface area contributed by atoms with E-state index in [1.54, 1.807) is 0 Å². The van der Waals surface area contributed by atoms with Gasteiger partial charge >= 0.3 is 5.97 Å². The molecule has 0 bridgehead atoms. The molecule has 3 nitrogen and oxygen atoms in total. The molecule has 1 N–H and O–H groups in total. The highest BCUT2D eigenvalue weighted by molar-refractivity contribution is 5.71. The number of carboxylic acids is 1. The molecule has 1 aromatic rings. The second-order valence-corrected chi connectivity index (χ2v) is 4.97. The lowest BCUT2D eigenvalue weighted by Crippen LogP contribution is -2.17. The van der Waals surface area contributed by atoms with Gasteiger partial charge in [0.2, 0.25) is 0 Å². The quantitative estimate of drug-likeness (QED) is 0.871. The number of hydrogen-bond donors (Lipinski definition) is 1. The molecule has 3 rings (SSSR count). The number of hydrogen-bond acceptors (Lipinski definition) is 2. The predicted octanol–water partition coefficient (Wildman–Crippen LogP) is 2.73. The van der Waals surface area contributed by atoms with Crippen molar-refractivity contribution in [2.45, 2.75) is 31.3 Å². The van der Waals surface area contributed by atoms with E-state index in [0.717, 1.165) is 11.5 Å². The van der Waals surface area contributed by atoms with Crippen LogP contribution in [0.3, 0.4) is 0 Å². The second kappa shape index (κ2) is 4.15. The maximum atomic E-state index is 11.1. The number of carboxylic acid groups (broad SMARTS) is 1. The van der Waals surface area contributed by atoms with Crippen LogP contribution in [0.4, 0.5) is 0 Å². The van der Waals surface area contributed by atoms with Gasteiger partial charge in [0, 0.05) is 6.61 Å². The van der Waals surface area contributed by atoms with Gasteiger partial charge in [-0.15, -0.1) is 0 Å². The number of ether oxygens (including phenoxy) is 1. The zero-order valence-corrected chi connectivity index (χ0v) is 9.63. The monoisotopic (exact) mass is 232 g/mol. The van der Waals surface area contributed by atoms with Crippen LogP contribution >= 0.6 is 0 Å². The molecule has 1 heterocycles. The smallest absolute Gasteiger partial charge is 0.309 e. The van der Waals surface area contributed by atoms with Gasteiger partial charge in [0.25, 0.3) is 0 Å². The average molecular weight is 232 g/mol. The number of benzene rings is 1. The van der Waals surface area contributed by atoms with Gasteiger partial charge in [-0.25, -0.2) is 0 Å². The number of rotatable bonds is 3. The summed E-state index contributed by atoms with van der Waals surface area (Å²) in [4.78, 5) is 11.1. The van der Waals surface area contributed by atoms with E-state index in [1.807, 2.05) is 12.1 Å². The minimum Gasteiger partial charge on any atom is -0.481 e. The van der Waals surface area contributed by atoms with Gasteiger partial charge in [-0.2, -0.15) is 0 Å². The Morgan fingerprint density at radius 1 is 1.12 bits per heavy atom. The lowest BCUT2D eigenvalue weighted by atomic mass is 9.94. The van der Waals surface area contributed by atoms with Gasteiger partial charge < -0.3 is 9.84 Å². The molecule has 1 saturated heterocycles. The summed E-state index contributed by atoms with van der Waals surface area (Å²) in [5, 5.41) is 9.12. The van der Waals surface area contributed by atoms with E-state index in [0.29, 0.717) is 13.0 Å². The molecular weight excluding hydrogens is 216 g/mol. The van der Waals surface area contributed by atoms with Crippen molar-refractivity contribution in [1.29, 1.82) is 0 Å². The Labute approximate surface area is 100 Å². The Morgan fingerprint density at radius 3 is 2.35 bits per heavy atom. The molecule has 90 valence electrons. The molecule has 0 amide bonds. The van der Waals surface area contributed by atoms with Crippen LogP contribution in [0.5, 0.6) is 0 Å². The van der Waals surface area contributed by atoms with Crippen LogP contribution in [0.25, 0.3) is 0 Å². The summed E-state index contributed by atoms with van der Waals surface area (Å²) in [6, 6.07) is 8.29. The van der Waals surface area contributed by atoms with Crippen LogP contribution in [0.2, 0.25) is 0 Å². The third-order valence-corrected chi connectivity index (χ3v) is 3.72. The van der Waals surface area contributed by atoms with Gasteiger partial charge in [0.05, 0.1) is 12.0 Å². The van der Waals surface area contributed by atoms with Crippen molar-refractivity contribution in [2.75, 3.05) is 6.61 Å². The first-order chi connectivity index (χ1) is 8.25. The SMILES string of the molecule is O=C(O)C1CCOC1c1ccc(C2CC2)cc1. The van der Waals surface area contributed by atoms with Gasteiger partial charge in [-0.3, -0.25) is 4.79 Å². The summed E-state index contributed by atoms with van der Waals surface area (Å²) in [6.07, 6.45) is 2.93. The van der Waals surface area contributed by atoms with Crippen molar-refractivity contribution in [3.05, 3.63) is 35.4 Å². The molecule has 3 heteroatoms. The van der Waals surface area contributed by atoms with Crippen LogP contribution < -0.4 is 0 Å². The predicted molar refractivity (Wildman–Crippen MR) is 62.9 cm³/mol. The summed E-state index contributed by atoms with van der Waals surface area (Å²) in [7, 11) is 0. The normalized spacial score (nSPS) is 28.2. The number of aliphatic carboxylic acids is 1. The fraction of sp³-hybridized carbons (Fsp3) is 0.500. The van der Waals surface area contributed by atoms with E-state index in [9.17, 15) is 4.79 Å². The van der Waals surface area contributed by atoms with Crippen molar-refractivity contribution in [3.63, 3.8) is 0 Å². The molecule has 2 aliphatic rings. The zero-order valence-electron chi connectivity index (χ0n) is 9.63. The maximum absolute atomic E-state index is 11.1. The summed E-state index contributed by atoms with van der Waals surface area (Å²) in [6.45, 7) is 0.548. The van der Waals surface area contributed by atoms with Gasteiger partial charge in [-0.05, 0) is 36.3 Å². The Balaban J connectivity index is 1.80. The molecule has 1 aromatic carbocycles. The molecule has 17 heavy (non-hydrogen) atoms. The van der Waals surface area contributed by atoms with E-state index in [-0.39, 0.29) is 12.0 Å². The first kappa shape index (κ1) is 10.8. The second-order valence-electron chi connectivity index (χ2n) is 4.97. The Kier molecular flexibility index (Phi) is 2.63. The van der Waals surface area contributed by atoms with Crippen LogP contribution in [-0.2, 0) is 9.53 Å². The molecule has 0 spiro atoms. The molecule has 2 unspecified atom stereocenters. The van der Waals surface area contributed by atoms with E-state index in [4.69, 9.17) is 9.84 Å². The highest BCUT2D eigenvalue weighted by Crippen LogP contribution is 2.41. The summed E-state index contributed by atoms with van der Waals surface area (Å²) >= 11 is 0. The molecule has 2 atom stereocenters. The van der Waals surface area contributed by atoms with E-state index in [2.05, 4.69) is 12.1 Å². The van der Waals surface area contributed by atoms with Crippen molar-refractivity contribution < 1.29 is 14.6 Å². The third-order valence-electron chi connectivity index (χ3n) is 3.72. The van der Waals surface area contributed by atoms with Crippen molar-refractivity contribution in [3.8, 4) is 0 Å². The fourth-order valence-corrected chi connectivity index (χ4v) is 2.55. The lowest BCUT2D eigenvalue weighted by Gasteiger charge is -2.15. The molecule has 1 aliphatic carbocycles. The molecule has 1 saturated carbocycles. The Bertz CT molecular complexity index is 420. The fourth-order valence-electron chi connectivity index (χ4n) is 2.55. The minimum absolute atomic E-state index is 0.263. The number of carbonyl (C=O) groups is 1. The third kappa shape index (κ3) is 2.07. The van der Waals surface area contributed by atoms with E-state index in [1.165, 1.54) is 18.4 Å². The van der Waals surface area contributed by atoms with Crippen LogP contribution in [0.15, 0.2) is 24.3 Å². The van der Waals surface area contributed by atoms with Crippen molar-refractivity contribution >= 4 is 5.97 Å². The van der Waals surface area contributed by atoms with Gasteiger partial charge in [-0.1, -0.05) is 24.3 Å². The zero-order chi connectivity index (χ0) is 11.8. The van der Waals surface area contributed by atoms with Crippen molar-refractivity contribution in [1.82, 2.24) is 0 Å². The lowest BCUT2D eigenvalue weighted by molar-refractivity contribution is -0.143. The minimum atomic E-state index is -0.751. The largest absolute Gasteiger partial charge is 0.481 e. The molecule has 1 aliphatic heterocycles. The molecule has 0 aromatic heterocycles. The topological polar surface area (TPSA) is 46.5 Å².